The summed E-state index contributed by atoms with van der Waals surface area (Å²) in [6.07, 6.45) is 0. The minimum atomic E-state index is -0.207. The van der Waals surface area contributed by atoms with E-state index in [9.17, 15) is 4.79 Å². The smallest absolute Gasteiger partial charge is 0.325 e. The van der Waals surface area contributed by atoms with Crippen LogP contribution < -0.4 is 5.32 Å². The van der Waals surface area contributed by atoms with Gasteiger partial charge in [0.05, 0.1) is 6.61 Å². The molecule has 0 aliphatic carbocycles. The second-order valence-corrected chi connectivity index (χ2v) is 4.70. The van der Waals surface area contributed by atoms with E-state index in [0.29, 0.717) is 12.5 Å². The zero-order valence-electron chi connectivity index (χ0n) is 11.0. The molecule has 0 radical (unpaired) electrons. The van der Waals surface area contributed by atoms with Gasteiger partial charge in [-0.05, 0) is 30.9 Å². The summed E-state index contributed by atoms with van der Waals surface area (Å²) in [5, 5.41) is 3.13. The number of para-hydroxylation sites is 1. The van der Waals surface area contributed by atoms with Crippen LogP contribution in [0, 0.1) is 19.8 Å². The summed E-state index contributed by atoms with van der Waals surface area (Å²) < 4.78 is 5.10. The standard InChI is InChI=1S/C14H21NO2/c1-10(2)9-17-13(16)8-15-14-11(3)6-5-7-12(14)4/h5-7,10,15H,8-9H2,1-4H3. The van der Waals surface area contributed by atoms with Gasteiger partial charge in [-0.2, -0.15) is 0 Å². The molecule has 0 unspecified atom stereocenters. The number of hydrogen-bond acceptors (Lipinski definition) is 3. The van der Waals surface area contributed by atoms with Gasteiger partial charge in [-0.25, -0.2) is 0 Å². The normalized spacial score (nSPS) is 10.4. The van der Waals surface area contributed by atoms with E-state index in [4.69, 9.17) is 4.74 Å². The maximum Gasteiger partial charge on any atom is 0.325 e. The molecule has 1 aromatic rings. The molecule has 17 heavy (non-hydrogen) atoms. The van der Waals surface area contributed by atoms with Crippen molar-refractivity contribution in [2.24, 2.45) is 5.92 Å². The van der Waals surface area contributed by atoms with Crippen LogP contribution in [0.1, 0.15) is 25.0 Å². The average Bonchev–Trinajstić information content (AvgIpc) is 2.25. The van der Waals surface area contributed by atoms with E-state index in [1.54, 1.807) is 0 Å². The van der Waals surface area contributed by atoms with Gasteiger partial charge in [0.1, 0.15) is 6.54 Å². The van der Waals surface area contributed by atoms with Crippen molar-refractivity contribution in [1.29, 1.82) is 0 Å². The molecule has 0 amide bonds. The molecule has 1 N–H and O–H groups in total. The Morgan fingerprint density at radius 1 is 1.29 bits per heavy atom. The van der Waals surface area contributed by atoms with Crippen molar-refractivity contribution in [2.75, 3.05) is 18.5 Å². The number of carbonyl (C=O) groups excluding carboxylic acids is 1. The Balaban J connectivity index is 2.47. The van der Waals surface area contributed by atoms with E-state index < -0.39 is 0 Å². The minimum Gasteiger partial charge on any atom is -0.464 e. The summed E-state index contributed by atoms with van der Waals surface area (Å²) in [7, 11) is 0. The number of ether oxygens (including phenoxy) is 1. The highest BCUT2D eigenvalue weighted by Crippen LogP contribution is 2.18. The summed E-state index contributed by atoms with van der Waals surface area (Å²) >= 11 is 0. The van der Waals surface area contributed by atoms with Gasteiger partial charge >= 0.3 is 5.97 Å². The first-order chi connectivity index (χ1) is 8.00. The fraction of sp³-hybridized carbons (Fsp3) is 0.500. The van der Waals surface area contributed by atoms with E-state index in [1.165, 1.54) is 0 Å². The maximum atomic E-state index is 11.5. The number of nitrogens with one attached hydrogen (secondary N) is 1. The molecule has 0 aromatic heterocycles. The van der Waals surface area contributed by atoms with Gasteiger partial charge in [-0.15, -0.1) is 0 Å². The van der Waals surface area contributed by atoms with Gasteiger partial charge in [0.25, 0.3) is 0 Å². The molecule has 0 aliphatic heterocycles. The Kier molecular flexibility index (Phi) is 5.01. The second-order valence-electron chi connectivity index (χ2n) is 4.70. The zero-order valence-corrected chi connectivity index (χ0v) is 11.0. The summed E-state index contributed by atoms with van der Waals surface area (Å²) in [5.41, 5.74) is 3.30. The van der Waals surface area contributed by atoms with Crippen LogP contribution in [0.4, 0.5) is 5.69 Å². The molecule has 3 nitrogen and oxygen atoms in total. The van der Waals surface area contributed by atoms with Gasteiger partial charge in [0.15, 0.2) is 0 Å². The van der Waals surface area contributed by atoms with Gasteiger partial charge in [-0.1, -0.05) is 32.0 Å². The molecule has 94 valence electrons. The first-order valence-corrected chi connectivity index (χ1v) is 5.96. The third-order valence-electron chi connectivity index (χ3n) is 2.47. The molecule has 0 bridgehead atoms. The molecular weight excluding hydrogens is 214 g/mol. The summed E-state index contributed by atoms with van der Waals surface area (Å²) in [6.45, 7) is 8.79. The van der Waals surface area contributed by atoms with Crippen LogP contribution in [0.15, 0.2) is 18.2 Å². The molecular formula is C14H21NO2. The monoisotopic (exact) mass is 235 g/mol. The van der Waals surface area contributed by atoms with Crippen LogP contribution in [0.5, 0.6) is 0 Å². The lowest BCUT2D eigenvalue weighted by Gasteiger charge is -2.12. The lowest BCUT2D eigenvalue weighted by molar-refractivity contribution is -0.142. The molecule has 1 rings (SSSR count). The fourth-order valence-corrected chi connectivity index (χ4v) is 1.56. The number of hydrogen-bond donors (Lipinski definition) is 1. The summed E-state index contributed by atoms with van der Waals surface area (Å²) in [6, 6.07) is 6.05. The molecule has 3 heteroatoms. The van der Waals surface area contributed by atoms with E-state index in [1.807, 2.05) is 45.9 Å². The Hall–Kier alpha value is -1.51. The lowest BCUT2D eigenvalue weighted by atomic mass is 10.1. The van der Waals surface area contributed by atoms with Crippen molar-refractivity contribution < 1.29 is 9.53 Å². The Bertz CT molecular complexity index is 366. The van der Waals surface area contributed by atoms with Crippen LogP contribution in [0.25, 0.3) is 0 Å². The first-order valence-electron chi connectivity index (χ1n) is 5.96. The Morgan fingerprint density at radius 3 is 2.41 bits per heavy atom. The van der Waals surface area contributed by atoms with Crippen molar-refractivity contribution in [3.8, 4) is 0 Å². The van der Waals surface area contributed by atoms with E-state index in [0.717, 1.165) is 16.8 Å². The second kappa shape index (κ2) is 6.28. The van der Waals surface area contributed by atoms with Crippen LogP contribution in [-0.2, 0) is 9.53 Å². The average molecular weight is 235 g/mol. The third-order valence-corrected chi connectivity index (χ3v) is 2.47. The van der Waals surface area contributed by atoms with Crippen molar-refractivity contribution in [2.45, 2.75) is 27.7 Å². The Morgan fingerprint density at radius 2 is 1.88 bits per heavy atom. The highest BCUT2D eigenvalue weighted by molar-refractivity contribution is 5.76. The minimum absolute atomic E-state index is 0.207. The summed E-state index contributed by atoms with van der Waals surface area (Å²) in [5.74, 6) is 0.167. The number of rotatable bonds is 5. The van der Waals surface area contributed by atoms with Crippen molar-refractivity contribution in [3.63, 3.8) is 0 Å². The van der Waals surface area contributed by atoms with Gasteiger partial charge < -0.3 is 10.1 Å². The van der Waals surface area contributed by atoms with Crippen LogP contribution >= 0.6 is 0 Å². The number of aryl methyl sites for hydroxylation is 2. The highest BCUT2D eigenvalue weighted by Gasteiger charge is 2.06. The number of anilines is 1. The zero-order chi connectivity index (χ0) is 12.8. The van der Waals surface area contributed by atoms with Crippen molar-refractivity contribution in [3.05, 3.63) is 29.3 Å². The molecule has 0 saturated carbocycles. The number of benzene rings is 1. The number of carbonyl (C=O) groups is 1. The third kappa shape index (κ3) is 4.47. The number of esters is 1. The maximum absolute atomic E-state index is 11.5. The topological polar surface area (TPSA) is 38.3 Å². The predicted molar refractivity (Wildman–Crippen MR) is 70.2 cm³/mol. The van der Waals surface area contributed by atoms with Gasteiger partial charge in [-0.3, -0.25) is 4.79 Å². The van der Waals surface area contributed by atoms with Crippen molar-refractivity contribution >= 4 is 11.7 Å². The molecule has 0 saturated heterocycles. The SMILES string of the molecule is Cc1cccc(C)c1NCC(=O)OCC(C)C. The largest absolute Gasteiger partial charge is 0.464 e. The molecule has 0 heterocycles. The molecule has 0 atom stereocenters. The van der Waals surface area contributed by atoms with E-state index in [2.05, 4.69) is 5.32 Å². The Labute approximate surface area is 103 Å². The fourth-order valence-electron chi connectivity index (χ4n) is 1.56. The van der Waals surface area contributed by atoms with E-state index in [-0.39, 0.29) is 12.5 Å². The first kappa shape index (κ1) is 13.6. The van der Waals surface area contributed by atoms with Crippen LogP contribution in [0.3, 0.4) is 0 Å². The van der Waals surface area contributed by atoms with Crippen molar-refractivity contribution in [1.82, 2.24) is 0 Å². The van der Waals surface area contributed by atoms with Gasteiger partial charge in [0.2, 0.25) is 0 Å². The quantitative estimate of drug-likeness (QED) is 0.797. The highest BCUT2D eigenvalue weighted by atomic mass is 16.5. The van der Waals surface area contributed by atoms with Gasteiger partial charge in [0, 0.05) is 5.69 Å². The van der Waals surface area contributed by atoms with E-state index >= 15 is 0 Å². The molecule has 0 spiro atoms. The molecule has 0 aliphatic rings. The van der Waals surface area contributed by atoms with Crippen LogP contribution in [-0.4, -0.2) is 19.1 Å². The molecule has 1 aromatic carbocycles. The van der Waals surface area contributed by atoms with Crippen LogP contribution in [0.2, 0.25) is 0 Å². The summed E-state index contributed by atoms with van der Waals surface area (Å²) in [4.78, 5) is 11.5. The molecule has 0 fully saturated rings. The lowest BCUT2D eigenvalue weighted by Crippen LogP contribution is -2.19. The predicted octanol–water partition coefficient (Wildman–Crippen LogP) is 2.91.